The SMILES string of the molecule is Cc1ccc(-c2nc(-c3ccc(C)cc3)nc(-c3cc4c5ccccc5c(-c5ccccc5)cc4c4ccccc34)n2)cc1. The van der Waals surface area contributed by atoms with Crippen molar-refractivity contribution in [3.05, 3.63) is 151 Å². The highest BCUT2D eigenvalue weighted by molar-refractivity contribution is 6.23. The maximum atomic E-state index is 5.13. The van der Waals surface area contributed by atoms with Crippen LogP contribution in [0.15, 0.2) is 140 Å². The van der Waals surface area contributed by atoms with Gasteiger partial charge in [0.2, 0.25) is 0 Å². The molecule has 0 unspecified atom stereocenters. The minimum absolute atomic E-state index is 0.666. The zero-order valence-electron chi connectivity index (χ0n) is 24.6. The van der Waals surface area contributed by atoms with E-state index in [1.165, 1.54) is 49.2 Å². The van der Waals surface area contributed by atoms with Gasteiger partial charge < -0.3 is 0 Å². The molecule has 208 valence electrons. The molecule has 8 rings (SSSR count). The Morgan fingerprint density at radius 1 is 0.318 bits per heavy atom. The standard InChI is InChI=1S/C41H29N3/c1-26-16-20-29(21-17-26)39-42-40(30-22-18-27(2)19-23-30)44-41(43-39)38-25-37-32-13-7-6-12-31(32)35(28-10-4-3-5-11-28)24-36(37)33-14-8-9-15-34(33)38/h3-25H,1-2H3. The quantitative estimate of drug-likeness (QED) is 0.200. The van der Waals surface area contributed by atoms with Crippen LogP contribution in [0.1, 0.15) is 11.1 Å². The van der Waals surface area contributed by atoms with Crippen molar-refractivity contribution >= 4 is 32.3 Å². The Morgan fingerprint density at radius 3 is 1.25 bits per heavy atom. The fourth-order valence-electron chi connectivity index (χ4n) is 6.15. The zero-order valence-corrected chi connectivity index (χ0v) is 24.6. The smallest absolute Gasteiger partial charge is 0.164 e. The monoisotopic (exact) mass is 563 g/mol. The first-order valence-corrected chi connectivity index (χ1v) is 15.0. The van der Waals surface area contributed by atoms with Crippen LogP contribution in [-0.2, 0) is 0 Å². The van der Waals surface area contributed by atoms with Crippen molar-refractivity contribution in [1.29, 1.82) is 0 Å². The molecule has 1 aromatic heterocycles. The lowest BCUT2D eigenvalue weighted by Crippen LogP contribution is -2.01. The van der Waals surface area contributed by atoms with E-state index in [0.29, 0.717) is 17.5 Å². The Morgan fingerprint density at radius 2 is 0.727 bits per heavy atom. The summed E-state index contributed by atoms with van der Waals surface area (Å²) in [6, 6.07) is 49.4. The van der Waals surface area contributed by atoms with Crippen LogP contribution in [-0.4, -0.2) is 15.0 Å². The number of aromatic nitrogens is 3. The van der Waals surface area contributed by atoms with Crippen LogP contribution in [0.5, 0.6) is 0 Å². The van der Waals surface area contributed by atoms with Gasteiger partial charge in [0.25, 0.3) is 0 Å². The summed E-state index contributed by atoms with van der Waals surface area (Å²) in [7, 11) is 0. The number of rotatable bonds is 4. The number of hydrogen-bond acceptors (Lipinski definition) is 3. The van der Waals surface area contributed by atoms with Gasteiger partial charge in [-0.1, -0.05) is 139 Å². The molecule has 7 aromatic carbocycles. The van der Waals surface area contributed by atoms with Crippen molar-refractivity contribution in [2.45, 2.75) is 13.8 Å². The first kappa shape index (κ1) is 26.0. The third-order valence-electron chi connectivity index (χ3n) is 8.46. The maximum absolute atomic E-state index is 5.13. The van der Waals surface area contributed by atoms with Crippen LogP contribution in [0.25, 0.3) is 77.6 Å². The zero-order chi connectivity index (χ0) is 29.6. The second kappa shape index (κ2) is 10.6. The van der Waals surface area contributed by atoms with Crippen molar-refractivity contribution < 1.29 is 0 Å². The Kier molecular flexibility index (Phi) is 6.23. The summed E-state index contributed by atoms with van der Waals surface area (Å²) in [5.41, 5.74) is 7.77. The van der Waals surface area contributed by atoms with E-state index >= 15 is 0 Å². The molecule has 0 aliphatic rings. The highest BCUT2D eigenvalue weighted by Gasteiger charge is 2.18. The molecule has 0 saturated carbocycles. The molecular weight excluding hydrogens is 534 g/mol. The van der Waals surface area contributed by atoms with Crippen LogP contribution in [0.4, 0.5) is 0 Å². The predicted octanol–water partition coefficient (Wildman–Crippen LogP) is 10.6. The summed E-state index contributed by atoms with van der Waals surface area (Å²) in [5, 5.41) is 7.13. The molecule has 8 aromatic rings. The molecule has 0 aliphatic carbocycles. The Labute approximate surface area is 256 Å². The third kappa shape index (κ3) is 4.50. The first-order chi connectivity index (χ1) is 21.6. The van der Waals surface area contributed by atoms with Crippen LogP contribution in [0.3, 0.4) is 0 Å². The number of hydrogen-bond donors (Lipinski definition) is 0. The van der Waals surface area contributed by atoms with E-state index < -0.39 is 0 Å². The summed E-state index contributed by atoms with van der Waals surface area (Å²) < 4.78 is 0. The number of aryl methyl sites for hydroxylation is 2. The fourth-order valence-corrected chi connectivity index (χ4v) is 6.15. The van der Waals surface area contributed by atoms with Crippen LogP contribution < -0.4 is 0 Å². The first-order valence-electron chi connectivity index (χ1n) is 15.0. The van der Waals surface area contributed by atoms with Gasteiger partial charge in [-0.3, -0.25) is 0 Å². The summed E-state index contributed by atoms with van der Waals surface area (Å²) in [5.74, 6) is 2.00. The average Bonchev–Trinajstić information content (AvgIpc) is 3.08. The van der Waals surface area contributed by atoms with Gasteiger partial charge in [-0.25, -0.2) is 15.0 Å². The van der Waals surface area contributed by atoms with Gasteiger partial charge in [0.15, 0.2) is 17.5 Å². The molecule has 0 atom stereocenters. The normalized spacial score (nSPS) is 11.4. The van der Waals surface area contributed by atoms with Gasteiger partial charge in [0.1, 0.15) is 0 Å². The van der Waals surface area contributed by atoms with Crippen molar-refractivity contribution in [3.63, 3.8) is 0 Å². The maximum Gasteiger partial charge on any atom is 0.164 e. The summed E-state index contributed by atoms with van der Waals surface area (Å²) in [4.78, 5) is 15.2. The molecule has 0 fully saturated rings. The summed E-state index contributed by atoms with van der Waals surface area (Å²) in [6.45, 7) is 4.18. The van der Waals surface area contributed by atoms with Crippen molar-refractivity contribution in [3.8, 4) is 45.3 Å². The second-order valence-electron chi connectivity index (χ2n) is 11.4. The van der Waals surface area contributed by atoms with Gasteiger partial charge in [0.05, 0.1) is 0 Å². The highest BCUT2D eigenvalue weighted by atomic mass is 15.0. The molecule has 3 nitrogen and oxygen atoms in total. The van der Waals surface area contributed by atoms with Crippen LogP contribution >= 0.6 is 0 Å². The molecule has 0 saturated heterocycles. The largest absolute Gasteiger partial charge is 0.208 e. The van der Waals surface area contributed by atoms with E-state index in [1.54, 1.807) is 0 Å². The Balaban J connectivity index is 1.45. The van der Waals surface area contributed by atoms with Crippen molar-refractivity contribution in [2.75, 3.05) is 0 Å². The molecule has 44 heavy (non-hydrogen) atoms. The molecule has 0 spiro atoms. The summed E-state index contributed by atoms with van der Waals surface area (Å²) >= 11 is 0. The lowest BCUT2D eigenvalue weighted by molar-refractivity contribution is 1.08. The average molecular weight is 564 g/mol. The fraction of sp³-hybridized carbons (Fsp3) is 0.0488. The topological polar surface area (TPSA) is 38.7 Å². The molecular formula is C41H29N3. The van der Waals surface area contributed by atoms with Gasteiger partial charge in [-0.15, -0.1) is 0 Å². The molecule has 0 radical (unpaired) electrons. The van der Waals surface area contributed by atoms with E-state index in [2.05, 4.69) is 153 Å². The van der Waals surface area contributed by atoms with E-state index in [9.17, 15) is 0 Å². The number of fused-ring (bicyclic) bond motifs is 5. The second-order valence-corrected chi connectivity index (χ2v) is 11.4. The summed E-state index contributed by atoms with van der Waals surface area (Å²) in [6.07, 6.45) is 0. The van der Waals surface area contributed by atoms with Gasteiger partial charge in [-0.05, 0) is 69.4 Å². The van der Waals surface area contributed by atoms with Crippen molar-refractivity contribution in [2.24, 2.45) is 0 Å². The third-order valence-corrected chi connectivity index (χ3v) is 8.46. The van der Waals surface area contributed by atoms with Gasteiger partial charge in [-0.2, -0.15) is 0 Å². The molecule has 0 N–H and O–H groups in total. The molecule has 0 bridgehead atoms. The minimum Gasteiger partial charge on any atom is -0.208 e. The van der Waals surface area contributed by atoms with Gasteiger partial charge in [0, 0.05) is 16.7 Å². The molecule has 3 heteroatoms. The van der Waals surface area contributed by atoms with E-state index in [4.69, 9.17) is 15.0 Å². The molecule has 0 aliphatic heterocycles. The van der Waals surface area contributed by atoms with Gasteiger partial charge >= 0.3 is 0 Å². The van der Waals surface area contributed by atoms with Crippen LogP contribution in [0, 0.1) is 13.8 Å². The van der Waals surface area contributed by atoms with Crippen molar-refractivity contribution in [1.82, 2.24) is 15.0 Å². The Bertz CT molecular complexity index is 2260. The Hall–Kier alpha value is -5.67. The van der Waals surface area contributed by atoms with E-state index in [0.717, 1.165) is 22.1 Å². The van der Waals surface area contributed by atoms with E-state index in [1.807, 2.05) is 0 Å². The molecule has 1 heterocycles. The number of benzene rings is 7. The highest BCUT2D eigenvalue weighted by Crippen LogP contribution is 2.41. The van der Waals surface area contributed by atoms with Crippen LogP contribution in [0.2, 0.25) is 0 Å². The van der Waals surface area contributed by atoms with E-state index in [-0.39, 0.29) is 0 Å². The lowest BCUT2D eigenvalue weighted by Gasteiger charge is -2.16. The minimum atomic E-state index is 0.666. The molecule has 0 amide bonds. The lowest BCUT2D eigenvalue weighted by atomic mass is 9.89. The predicted molar refractivity (Wildman–Crippen MR) is 184 cm³/mol. The number of nitrogens with zero attached hydrogens (tertiary/aromatic N) is 3.